The maximum atomic E-state index is 12.6. The molecule has 28 heavy (non-hydrogen) atoms. The Morgan fingerprint density at radius 1 is 1.25 bits per heavy atom. The molecule has 0 radical (unpaired) electrons. The summed E-state index contributed by atoms with van der Waals surface area (Å²) >= 11 is 0. The fraction of sp³-hybridized carbons (Fsp3) is 0.158. The van der Waals surface area contributed by atoms with Crippen LogP contribution in [0.2, 0.25) is 0 Å². The Kier molecular flexibility index (Phi) is 5.54. The fourth-order valence-electron chi connectivity index (χ4n) is 2.77. The summed E-state index contributed by atoms with van der Waals surface area (Å²) in [5, 5.41) is 16.4. The monoisotopic (exact) mass is 381 g/mol. The summed E-state index contributed by atoms with van der Waals surface area (Å²) in [6.45, 7) is 0. The minimum Gasteiger partial charge on any atom is -0.497 e. The molecular weight excluding hydrogens is 362 g/mol. The van der Waals surface area contributed by atoms with Gasteiger partial charge in [0, 0.05) is 37.3 Å². The van der Waals surface area contributed by atoms with Gasteiger partial charge >= 0.3 is 6.03 Å². The van der Waals surface area contributed by atoms with Crippen molar-refractivity contribution in [1.82, 2.24) is 14.9 Å². The van der Waals surface area contributed by atoms with Crippen molar-refractivity contribution in [3.05, 3.63) is 82.4 Å². The van der Waals surface area contributed by atoms with Gasteiger partial charge in [0.2, 0.25) is 0 Å². The SMILES string of the molecule is COc1cccc([C@@H](NC(=O)Nc2cccc([N+](=O)[O-])c2)c2nccn2C)c1. The Bertz CT molecular complexity index is 1000. The average molecular weight is 381 g/mol. The van der Waals surface area contributed by atoms with Crippen LogP contribution in [0.5, 0.6) is 5.75 Å². The summed E-state index contributed by atoms with van der Waals surface area (Å²) < 4.78 is 7.07. The molecule has 0 fully saturated rings. The number of hydrogen-bond donors (Lipinski definition) is 2. The fourth-order valence-corrected chi connectivity index (χ4v) is 2.77. The molecule has 0 spiro atoms. The van der Waals surface area contributed by atoms with Crippen LogP contribution in [0, 0.1) is 10.1 Å². The van der Waals surface area contributed by atoms with Crippen LogP contribution in [-0.4, -0.2) is 27.6 Å². The van der Waals surface area contributed by atoms with Gasteiger partial charge in [0.15, 0.2) is 0 Å². The van der Waals surface area contributed by atoms with Gasteiger partial charge in [0.1, 0.15) is 17.6 Å². The van der Waals surface area contributed by atoms with Gasteiger partial charge in [-0.05, 0) is 23.8 Å². The number of methoxy groups -OCH3 is 1. The van der Waals surface area contributed by atoms with Crippen LogP contribution in [0.25, 0.3) is 0 Å². The number of urea groups is 1. The molecule has 3 aromatic rings. The van der Waals surface area contributed by atoms with Crippen LogP contribution in [0.1, 0.15) is 17.4 Å². The Balaban J connectivity index is 1.85. The van der Waals surface area contributed by atoms with Gasteiger partial charge in [-0.2, -0.15) is 0 Å². The second-order valence-electron chi connectivity index (χ2n) is 6.01. The van der Waals surface area contributed by atoms with E-state index in [0.29, 0.717) is 17.3 Å². The molecule has 9 nitrogen and oxygen atoms in total. The molecule has 1 atom stereocenters. The third kappa shape index (κ3) is 4.26. The van der Waals surface area contributed by atoms with Crippen molar-refractivity contribution in [2.45, 2.75) is 6.04 Å². The van der Waals surface area contributed by atoms with E-state index in [4.69, 9.17) is 4.74 Å². The van der Waals surface area contributed by atoms with Gasteiger partial charge in [-0.1, -0.05) is 18.2 Å². The summed E-state index contributed by atoms with van der Waals surface area (Å²) in [5.41, 5.74) is 0.991. The van der Waals surface area contributed by atoms with E-state index in [2.05, 4.69) is 15.6 Å². The number of carbonyl (C=O) groups is 1. The van der Waals surface area contributed by atoms with Crippen molar-refractivity contribution in [2.75, 3.05) is 12.4 Å². The predicted octanol–water partition coefficient (Wildman–Crippen LogP) is 3.25. The lowest BCUT2D eigenvalue weighted by Crippen LogP contribution is -2.34. The number of nitro groups is 1. The van der Waals surface area contributed by atoms with Crippen LogP contribution in [0.4, 0.5) is 16.2 Å². The standard InChI is InChI=1S/C19H19N5O4/c1-23-10-9-20-18(23)17(13-5-3-8-16(11-13)28-2)22-19(25)21-14-6-4-7-15(12-14)24(26)27/h3-12,17H,1-2H3,(H2,21,22,25)/t17-/m1/s1. The van der Waals surface area contributed by atoms with E-state index in [-0.39, 0.29) is 5.69 Å². The highest BCUT2D eigenvalue weighted by atomic mass is 16.6. The Labute approximate surface area is 161 Å². The molecular formula is C19H19N5O4. The minimum absolute atomic E-state index is 0.105. The molecule has 0 aliphatic heterocycles. The van der Waals surface area contributed by atoms with E-state index in [9.17, 15) is 14.9 Å². The number of imidazole rings is 1. The third-order valence-electron chi connectivity index (χ3n) is 4.13. The van der Waals surface area contributed by atoms with E-state index < -0.39 is 17.0 Å². The van der Waals surface area contributed by atoms with Crippen LogP contribution >= 0.6 is 0 Å². The lowest BCUT2D eigenvalue weighted by atomic mass is 10.1. The summed E-state index contributed by atoms with van der Waals surface area (Å²) in [4.78, 5) is 27.3. The van der Waals surface area contributed by atoms with E-state index in [1.807, 2.05) is 31.3 Å². The first kappa shape index (κ1) is 18.9. The molecule has 0 aliphatic rings. The number of nitrogens with one attached hydrogen (secondary N) is 2. The van der Waals surface area contributed by atoms with Crippen molar-refractivity contribution in [3.8, 4) is 5.75 Å². The molecule has 2 aromatic carbocycles. The zero-order valence-electron chi connectivity index (χ0n) is 15.3. The number of anilines is 1. The highest BCUT2D eigenvalue weighted by Gasteiger charge is 2.21. The molecule has 144 valence electrons. The molecule has 9 heteroatoms. The predicted molar refractivity (Wildman–Crippen MR) is 103 cm³/mol. The van der Waals surface area contributed by atoms with E-state index in [1.165, 1.54) is 18.2 Å². The van der Waals surface area contributed by atoms with Crippen molar-refractivity contribution >= 4 is 17.4 Å². The number of ether oxygens (including phenoxy) is 1. The van der Waals surface area contributed by atoms with Gasteiger partial charge in [0.25, 0.3) is 5.69 Å². The quantitative estimate of drug-likeness (QED) is 0.503. The number of carbonyl (C=O) groups excluding carboxylic acids is 1. The van der Waals surface area contributed by atoms with E-state index in [1.54, 1.807) is 30.1 Å². The van der Waals surface area contributed by atoms with Crippen LogP contribution < -0.4 is 15.4 Å². The topological polar surface area (TPSA) is 111 Å². The maximum Gasteiger partial charge on any atom is 0.320 e. The average Bonchev–Trinajstić information content (AvgIpc) is 3.12. The number of amides is 2. The van der Waals surface area contributed by atoms with Crippen molar-refractivity contribution < 1.29 is 14.5 Å². The van der Waals surface area contributed by atoms with Crippen molar-refractivity contribution in [3.63, 3.8) is 0 Å². The molecule has 0 saturated carbocycles. The molecule has 0 saturated heterocycles. The molecule has 2 N–H and O–H groups in total. The van der Waals surface area contributed by atoms with Crippen LogP contribution in [0.15, 0.2) is 60.9 Å². The van der Waals surface area contributed by atoms with Crippen molar-refractivity contribution in [2.24, 2.45) is 7.05 Å². The molecule has 1 aromatic heterocycles. The van der Waals surface area contributed by atoms with E-state index in [0.717, 1.165) is 5.56 Å². The first-order valence-corrected chi connectivity index (χ1v) is 8.41. The maximum absolute atomic E-state index is 12.6. The number of aromatic nitrogens is 2. The lowest BCUT2D eigenvalue weighted by molar-refractivity contribution is -0.384. The first-order chi connectivity index (χ1) is 13.5. The first-order valence-electron chi connectivity index (χ1n) is 8.41. The Hall–Kier alpha value is -3.88. The van der Waals surface area contributed by atoms with Gasteiger partial charge in [-0.25, -0.2) is 9.78 Å². The van der Waals surface area contributed by atoms with Crippen LogP contribution in [-0.2, 0) is 7.05 Å². The van der Waals surface area contributed by atoms with E-state index >= 15 is 0 Å². The number of non-ortho nitro benzene ring substituents is 1. The minimum atomic E-state index is -0.547. The van der Waals surface area contributed by atoms with Gasteiger partial charge in [0.05, 0.1) is 12.0 Å². The number of rotatable bonds is 6. The zero-order chi connectivity index (χ0) is 20.1. The second kappa shape index (κ2) is 8.21. The summed E-state index contributed by atoms with van der Waals surface area (Å²) in [5.74, 6) is 1.28. The Morgan fingerprint density at radius 2 is 2.04 bits per heavy atom. The number of hydrogen-bond acceptors (Lipinski definition) is 5. The number of benzene rings is 2. The Morgan fingerprint density at radius 3 is 2.71 bits per heavy atom. The smallest absolute Gasteiger partial charge is 0.320 e. The molecule has 0 unspecified atom stereocenters. The number of nitrogens with zero attached hydrogens (tertiary/aromatic N) is 3. The summed E-state index contributed by atoms with van der Waals surface area (Å²) in [6, 6.07) is 12.0. The van der Waals surface area contributed by atoms with Gasteiger partial charge in [-0.15, -0.1) is 0 Å². The largest absolute Gasteiger partial charge is 0.497 e. The third-order valence-corrected chi connectivity index (χ3v) is 4.13. The number of nitro benzene ring substituents is 1. The molecule has 0 bridgehead atoms. The van der Waals surface area contributed by atoms with Crippen LogP contribution in [0.3, 0.4) is 0 Å². The van der Waals surface area contributed by atoms with Gasteiger partial charge < -0.3 is 19.9 Å². The zero-order valence-corrected chi connectivity index (χ0v) is 15.3. The molecule has 3 rings (SSSR count). The van der Waals surface area contributed by atoms with Gasteiger partial charge in [-0.3, -0.25) is 10.1 Å². The number of aryl methyl sites for hydroxylation is 1. The highest BCUT2D eigenvalue weighted by Crippen LogP contribution is 2.24. The normalized spacial score (nSPS) is 11.5. The molecule has 1 heterocycles. The highest BCUT2D eigenvalue weighted by molar-refractivity contribution is 5.90. The molecule has 0 aliphatic carbocycles. The summed E-state index contributed by atoms with van der Waals surface area (Å²) in [7, 11) is 3.40. The second-order valence-corrected chi connectivity index (χ2v) is 6.01. The lowest BCUT2D eigenvalue weighted by Gasteiger charge is -2.20. The molecule has 2 amide bonds. The van der Waals surface area contributed by atoms with Crippen molar-refractivity contribution in [1.29, 1.82) is 0 Å². The summed E-state index contributed by atoms with van der Waals surface area (Å²) in [6.07, 6.45) is 3.42.